The van der Waals surface area contributed by atoms with E-state index in [4.69, 9.17) is 9.40 Å². The third-order valence-corrected chi connectivity index (χ3v) is 7.92. The van der Waals surface area contributed by atoms with Gasteiger partial charge in [0, 0.05) is 43.3 Å². The zero-order valence-electron chi connectivity index (χ0n) is 22.7. The van der Waals surface area contributed by atoms with E-state index in [0.29, 0.717) is 0 Å². The molecule has 4 nitrogen and oxygen atoms in total. The number of thiazole rings is 1. The number of benzene rings is 3. The largest absolute Gasteiger partial charge is 0.501 e. The molecule has 4 heterocycles. The third kappa shape index (κ3) is 5.48. The topological polar surface area (TPSA) is 51.8 Å². The van der Waals surface area contributed by atoms with Gasteiger partial charge in [0.2, 0.25) is 0 Å². The quantitative estimate of drug-likeness (QED) is 0.168. The molecule has 0 atom stereocenters. The van der Waals surface area contributed by atoms with Gasteiger partial charge in [0.25, 0.3) is 0 Å². The molecule has 0 unspecified atom stereocenters. The van der Waals surface area contributed by atoms with Crippen LogP contribution in [0.4, 0.5) is 0 Å². The summed E-state index contributed by atoms with van der Waals surface area (Å²) in [6.45, 7) is 8.64. The van der Waals surface area contributed by atoms with E-state index < -0.39 is 0 Å². The molecule has 201 valence electrons. The normalized spacial score (nSPS) is 11.3. The Bertz CT molecular complexity index is 1850. The smallest absolute Gasteiger partial charge is 0.122 e. The van der Waals surface area contributed by atoms with Gasteiger partial charge < -0.3 is 14.4 Å². The van der Waals surface area contributed by atoms with Gasteiger partial charge in [0.1, 0.15) is 5.58 Å². The predicted octanol–water partition coefficient (Wildman–Crippen LogP) is 9.21. The van der Waals surface area contributed by atoms with Gasteiger partial charge in [-0.1, -0.05) is 56.0 Å². The van der Waals surface area contributed by atoms with Crippen molar-refractivity contribution in [3.05, 3.63) is 114 Å². The van der Waals surface area contributed by atoms with E-state index >= 15 is 0 Å². The number of nitrogens with zero attached hydrogens (tertiary/aromatic N) is 3. The molecule has 0 aliphatic carbocycles. The van der Waals surface area contributed by atoms with Crippen LogP contribution >= 0.6 is 11.3 Å². The van der Waals surface area contributed by atoms with Gasteiger partial charge in [0.15, 0.2) is 0 Å². The van der Waals surface area contributed by atoms with Crippen LogP contribution in [0, 0.1) is 19.1 Å². The van der Waals surface area contributed by atoms with Gasteiger partial charge in [0.05, 0.1) is 20.8 Å². The summed E-state index contributed by atoms with van der Waals surface area (Å²) in [6.07, 6.45) is 3.66. The fourth-order valence-corrected chi connectivity index (χ4v) is 5.59. The van der Waals surface area contributed by atoms with Gasteiger partial charge in [-0.25, -0.2) is 4.98 Å². The molecule has 7 rings (SSSR count). The van der Waals surface area contributed by atoms with Crippen molar-refractivity contribution in [1.29, 1.82) is 0 Å². The molecular weight excluding hydrogens is 691 g/mol. The summed E-state index contributed by atoms with van der Waals surface area (Å²) in [4.78, 5) is 13.7. The van der Waals surface area contributed by atoms with Gasteiger partial charge in [-0.3, -0.25) is 0 Å². The van der Waals surface area contributed by atoms with Crippen LogP contribution < -0.4 is 0 Å². The summed E-state index contributed by atoms with van der Waals surface area (Å²) < 4.78 is 7.46. The second-order valence-electron chi connectivity index (χ2n) is 10.5. The molecule has 3 aromatic carbocycles. The van der Waals surface area contributed by atoms with Crippen LogP contribution in [-0.2, 0) is 25.5 Å². The monoisotopic (exact) mass is 718 g/mol. The minimum atomic E-state index is 0. The van der Waals surface area contributed by atoms with E-state index in [9.17, 15) is 0 Å². The molecule has 0 amide bonds. The van der Waals surface area contributed by atoms with Crippen molar-refractivity contribution in [2.45, 2.75) is 33.1 Å². The van der Waals surface area contributed by atoms with Crippen molar-refractivity contribution in [2.24, 2.45) is 0 Å². The summed E-state index contributed by atoms with van der Waals surface area (Å²) in [5.74, 6) is 0. The number of furan rings is 1. The van der Waals surface area contributed by atoms with Crippen LogP contribution in [0.3, 0.4) is 0 Å². The number of pyridine rings is 2. The van der Waals surface area contributed by atoms with Crippen molar-refractivity contribution in [1.82, 2.24) is 15.0 Å². The molecule has 0 N–H and O–H groups in total. The van der Waals surface area contributed by atoms with E-state index in [0.717, 1.165) is 60.5 Å². The van der Waals surface area contributed by atoms with E-state index in [2.05, 4.69) is 61.1 Å². The average molecular weight is 718 g/mol. The second kappa shape index (κ2) is 11.4. The maximum Gasteiger partial charge on any atom is 0.122 e. The van der Waals surface area contributed by atoms with Gasteiger partial charge in [-0.2, -0.15) is 0 Å². The number of rotatable bonds is 2. The molecule has 6 heteroatoms. The first-order valence-electron chi connectivity index (χ1n) is 12.9. The maximum atomic E-state index is 6.28. The average Bonchev–Trinajstić information content (AvgIpc) is 3.57. The van der Waals surface area contributed by atoms with E-state index in [1.54, 1.807) is 17.5 Å². The first-order chi connectivity index (χ1) is 18.9. The molecule has 4 aromatic heterocycles. The summed E-state index contributed by atoms with van der Waals surface area (Å²) in [6, 6.07) is 32.3. The molecular formula is C34H27IrN3OS-2. The van der Waals surface area contributed by atoms with E-state index in [1.807, 2.05) is 73.8 Å². The summed E-state index contributed by atoms with van der Waals surface area (Å²) in [7, 11) is 0. The van der Waals surface area contributed by atoms with Crippen LogP contribution in [0.15, 0.2) is 95.7 Å². The first-order valence-corrected chi connectivity index (χ1v) is 13.7. The molecule has 0 aliphatic rings. The molecule has 0 spiro atoms. The molecule has 0 aliphatic heterocycles. The van der Waals surface area contributed by atoms with Crippen LogP contribution in [0.2, 0.25) is 0 Å². The minimum Gasteiger partial charge on any atom is -0.501 e. The number of aromatic nitrogens is 3. The molecule has 40 heavy (non-hydrogen) atoms. The molecule has 0 saturated carbocycles. The van der Waals surface area contributed by atoms with Crippen molar-refractivity contribution in [2.75, 3.05) is 0 Å². The Morgan fingerprint density at radius 2 is 1.68 bits per heavy atom. The Labute approximate surface area is 251 Å². The second-order valence-corrected chi connectivity index (χ2v) is 11.5. The van der Waals surface area contributed by atoms with Gasteiger partial charge in [-0.05, 0) is 42.1 Å². The van der Waals surface area contributed by atoms with E-state index in [-0.39, 0.29) is 25.5 Å². The minimum absolute atomic E-state index is 0. The Morgan fingerprint density at radius 1 is 0.825 bits per heavy atom. The number of aryl methyl sites for hydroxylation is 1. The molecule has 0 fully saturated rings. The van der Waals surface area contributed by atoms with Crippen molar-refractivity contribution in [3.63, 3.8) is 0 Å². The SMILES string of the molecule is Cc1ccc(-c2[c-]ccc3c2oc2ccc4nc(C(C)(C)C)sc4c23)nc1.[Ir].[c-]1ccccc1-c1ccccn1. The molecule has 0 saturated heterocycles. The van der Waals surface area contributed by atoms with Crippen molar-refractivity contribution in [3.8, 4) is 22.5 Å². The Hall–Kier alpha value is -3.70. The van der Waals surface area contributed by atoms with Crippen molar-refractivity contribution < 1.29 is 24.5 Å². The summed E-state index contributed by atoms with van der Waals surface area (Å²) in [5, 5.41) is 3.37. The summed E-state index contributed by atoms with van der Waals surface area (Å²) >= 11 is 1.76. The number of fused-ring (bicyclic) bond motifs is 5. The van der Waals surface area contributed by atoms with Gasteiger partial charge in [-0.15, -0.1) is 65.4 Å². The molecule has 7 aromatic rings. The fourth-order valence-electron chi connectivity index (χ4n) is 4.41. The maximum absolute atomic E-state index is 6.28. The zero-order valence-corrected chi connectivity index (χ0v) is 25.9. The fraction of sp³-hybridized carbons (Fsp3) is 0.147. The molecule has 1 radical (unpaired) electrons. The Morgan fingerprint density at radius 3 is 2.38 bits per heavy atom. The molecule has 0 bridgehead atoms. The Kier molecular flexibility index (Phi) is 7.95. The third-order valence-electron chi connectivity index (χ3n) is 6.41. The zero-order chi connectivity index (χ0) is 27.0. The van der Waals surface area contributed by atoms with Crippen LogP contribution in [0.25, 0.3) is 54.7 Å². The van der Waals surface area contributed by atoms with Crippen LogP contribution in [0.5, 0.6) is 0 Å². The summed E-state index contributed by atoms with van der Waals surface area (Å²) in [5.41, 5.74) is 7.70. The van der Waals surface area contributed by atoms with Crippen LogP contribution in [-0.4, -0.2) is 15.0 Å². The number of hydrogen-bond donors (Lipinski definition) is 0. The predicted molar refractivity (Wildman–Crippen MR) is 161 cm³/mol. The van der Waals surface area contributed by atoms with E-state index in [1.165, 1.54) is 4.70 Å². The van der Waals surface area contributed by atoms with Crippen LogP contribution in [0.1, 0.15) is 31.3 Å². The standard InChI is InChI=1S/C23H19N2OS.C11H8N.Ir/c1-13-8-9-16(24-12-13)14-6-5-7-15-19-18(26-20(14)15)11-10-17-21(19)27-22(25-17)23(2,3)4;1-2-6-10(7-3-1)11-8-4-5-9-12-11;/h5,7-12H,1-4H3;1-6,8-9H;/q2*-1;. The van der Waals surface area contributed by atoms with Crippen molar-refractivity contribution >= 4 is 43.5 Å². The number of hydrogen-bond acceptors (Lipinski definition) is 5. The Balaban J connectivity index is 0.000000209. The van der Waals surface area contributed by atoms with Gasteiger partial charge >= 0.3 is 0 Å². The first kappa shape index (κ1) is 27.9.